The Balaban J connectivity index is 1.56. The second-order valence-corrected chi connectivity index (χ2v) is 7.58. The lowest BCUT2D eigenvalue weighted by Crippen LogP contribution is -2.28. The maximum Gasteiger partial charge on any atom is 0.293 e. The Morgan fingerprint density at radius 1 is 1.03 bits per heavy atom. The highest BCUT2D eigenvalue weighted by Gasteiger charge is 2.36. The number of imide groups is 1. The molecule has 1 saturated heterocycles. The van der Waals surface area contributed by atoms with E-state index in [1.807, 2.05) is 0 Å². The molecule has 1 aromatic heterocycles. The largest absolute Gasteiger partial charge is 0.457 e. The molecule has 0 radical (unpaired) electrons. The Kier molecular flexibility index (Phi) is 5.25. The molecule has 0 aliphatic carbocycles. The smallest absolute Gasteiger partial charge is 0.293 e. The van der Waals surface area contributed by atoms with Crippen molar-refractivity contribution in [3.63, 3.8) is 0 Å². The van der Waals surface area contributed by atoms with Crippen LogP contribution in [0.4, 0.5) is 13.6 Å². The first-order chi connectivity index (χ1) is 13.9. The number of hydrogen-bond donors (Lipinski definition) is 0. The van der Waals surface area contributed by atoms with Gasteiger partial charge in [0.2, 0.25) is 0 Å². The summed E-state index contributed by atoms with van der Waals surface area (Å²) in [5, 5.41) is -0.381. The molecule has 0 saturated carbocycles. The summed E-state index contributed by atoms with van der Waals surface area (Å²) in [4.78, 5) is 26.0. The van der Waals surface area contributed by atoms with Crippen molar-refractivity contribution in [3.05, 3.63) is 87.5 Å². The summed E-state index contributed by atoms with van der Waals surface area (Å²) in [7, 11) is 0. The lowest BCUT2D eigenvalue weighted by Gasteiger charge is -2.14. The first-order valence-corrected chi connectivity index (χ1v) is 9.66. The highest BCUT2D eigenvalue weighted by atomic mass is 35.5. The van der Waals surface area contributed by atoms with E-state index in [1.165, 1.54) is 36.4 Å². The quantitative estimate of drug-likeness (QED) is 0.467. The van der Waals surface area contributed by atoms with Gasteiger partial charge < -0.3 is 4.42 Å². The highest BCUT2D eigenvalue weighted by Crippen LogP contribution is 2.35. The standard InChI is InChI=1S/C21H12ClF2NO3S/c22-16-2-1-3-17(24)15(16)11-25-20(26)19(29-21(25)27)10-14-8-9-18(28-14)12-4-6-13(23)7-5-12/h1-10H,11H2/b19-10-. The Hall–Kier alpha value is -2.90. The van der Waals surface area contributed by atoms with Crippen LogP contribution in [-0.2, 0) is 11.3 Å². The van der Waals surface area contributed by atoms with Crippen molar-refractivity contribution in [3.8, 4) is 11.3 Å². The Morgan fingerprint density at radius 3 is 2.52 bits per heavy atom. The van der Waals surface area contributed by atoms with E-state index in [0.717, 1.165) is 16.7 Å². The zero-order valence-electron chi connectivity index (χ0n) is 14.7. The Labute approximate surface area is 173 Å². The van der Waals surface area contributed by atoms with E-state index < -0.39 is 17.0 Å². The molecule has 2 heterocycles. The number of carbonyl (C=O) groups is 2. The summed E-state index contributed by atoms with van der Waals surface area (Å²) in [5.41, 5.74) is 0.752. The number of nitrogens with zero attached hydrogens (tertiary/aromatic N) is 1. The van der Waals surface area contributed by atoms with Gasteiger partial charge in [0.1, 0.15) is 23.2 Å². The molecule has 0 bridgehead atoms. The molecule has 1 aliphatic rings. The van der Waals surface area contributed by atoms with Gasteiger partial charge in [-0.3, -0.25) is 14.5 Å². The molecule has 4 rings (SSSR count). The molecule has 29 heavy (non-hydrogen) atoms. The minimum absolute atomic E-state index is 0.0781. The predicted molar refractivity (Wildman–Crippen MR) is 107 cm³/mol. The fourth-order valence-corrected chi connectivity index (χ4v) is 3.85. The van der Waals surface area contributed by atoms with Crippen LogP contribution in [0.5, 0.6) is 0 Å². The van der Waals surface area contributed by atoms with E-state index in [-0.39, 0.29) is 27.9 Å². The first-order valence-electron chi connectivity index (χ1n) is 8.46. The number of halogens is 3. The number of rotatable bonds is 4. The summed E-state index contributed by atoms with van der Waals surface area (Å²) >= 11 is 6.73. The third kappa shape index (κ3) is 3.97. The van der Waals surface area contributed by atoms with Gasteiger partial charge in [0.25, 0.3) is 11.1 Å². The summed E-state index contributed by atoms with van der Waals surface area (Å²) in [5.74, 6) is -0.647. The molecule has 0 unspecified atom stereocenters. The van der Waals surface area contributed by atoms with Crippen LogP contribution in [0.2, 0.25) is 5.02 Å². The molecule has 1 fully saturated rings. The van der Waals surface area contributed by atoms with Gasteiger partial charge >= 0.3 is 0 Å². The van der Waals surface area contributed by atoms with Gasteiger partial charge in [-0.2, -0.15) is 0 Å². The van der Waals surface area contributed by atoms with Crippen molar-refractivity contribution < 1.29 is 22.8 Å². The molecule has 2 amide bonds. The van der Waals surface area contributed by atoms with Gasteiger partial charge in [-0.15, -0.1) is 0 Å². The minimum Gasteiger partial charge on any atom is -0.457 e. The summed E-state index contributed by atoms with van der Waals surface area (Å²) < 4.78 is 32.7. The number of benzene rings is 2. The SMILES string of the molecule is O=C1S/C(=C\c2ccc(-c3ccc(F)cc3)o2)C(=O)N1Cc1c(F)cccc1Cl. The van der Waals surface area contributed by atoms with Crippen LogP contribution < -0.4 is 0 Å². The van der Waals surface area contributed by atoms with E-state index in [4.69, 9.17) is 16.0 Å². The van der Waals surface area contributed by atoms with Crippen LogP contribution in [0.1, 0.15) is 11.3 Å². The second-order valence-electron chi connectivity index (χ2n) is 6.18. The van der Waals surface area contributed by atoms with Crippen LogP contribution >= 0.6 is 23.4 Å². The maximum absolute atomic E-state index is 14.0. The molecule has 146 valence electrons. The third-order valence-corrected chi connectivity index (χ3v) is 5.54. The molecular weight excluding hydrogens is 420 g/mol. The third-order valence-electron chi connectivity index (χ3n) is 4.28. The lowest BCUT2D eigenvalue weighted by atomic mass is 10.2. The molecule has 2 aromatic carbocycles. The van der Waals surface area contributed by atoms with Gasteiger partial charge in [0, 0.05) is 22.2 Å². The van der Waals surface area contributed by atoms with Crippen molar-refractivity contribution in [2.24, 2.45) is 0 Å². The van der Waals surface area contributed by atoms with E-state index >= 15 is 0 Å². The zero-order valence-corrected chi connectivity index (χ0v) is 16.3. The number of carbonyl (C=O) groups excluding carboxylic acids is 2. The molecule has 4 nitrogen and oxygen atoms in total. The number of hydrogen-bond acceptors (Lipinski definition) is 4. The fraction of sp³-hybridized carbons (Fsp3) is 0.0476. The minimum atomic E-state index is -0.587. The van der Waals surface area contributed by atoms with E-state index in [0.29, 0.717) is 17.1 Å². The first kappa shape index (κ1) is 19.4. The zero-order chi connectivity index (χ0) is 20.5. The molecule has 0 N–H and O–H groups in total. The summed E-state index contributed by atoms with van der Waals surface area (Å²) in [6.07, 6.45) is 1.45. The number of thioether (sulfide) groups is 1. The summed E-state index contributed by atoms with van der Waals surface area (Å²) in [6, 6.07) is 13.3. The van der Waals surface area contributed by atoms with Crippen LogP contribution in [0.25, 0.3) is 17.4 Å². The normalized spacial score (nSPS) is 15.6. The van der Waals surface area contributed by atoms with Crippen molar-refractivity contribution >= 4 is 40.6 Å². The average molecular weight is 432 g/mol. The van der Waals surface area contributed by atoms with Gasteiger partial charge in [-0.1, -0.05) is 17.7 Å². The molecule has 3 aromatic rings. The Morgan fingerprint density at radius 2 is 1.79 bits per heavy atom. The van der Waals surface area contributed by atoms with Gasteiger partial charge in [0.05, 0.1) is 11.4 Å². The maximum atomic E-state index is 14.0. The van der Waals surface area contributed by atoms with E-state index in [9.17, 15) is 18.4 Å². The monoisotopic (exact) mass is 431 g/mol. The highest BCUT2D eigenvalue weighted by molar-refractivity contribution is 8.18. The average Bonchev–Trinajstić information content (AvgIpc) is 3.25. The van der Waals surface area contributed by atoms with Crippen LogP contribution in [0.3, 0.4) is 0 Å². The molecule has 1 aliphatic heterocycles. The Bertz CT molecular complexity index is 1120. The predicted octanol–water partition coefficient (Wildman–Crippen LogP) is 6.11. The molecule has 0 spiro atoms. The van der Waals surface area contributed by atoms with Crippen molar-refractivity contribution in [2.75, 3.05) is 0 Å². The fourth-order valence-electron chi connectivity index (χ4n) is 2.81. The van der Waals surface area contributed by atoms with Gasteiger partial charge in [-0.25, -0.2) is 8.78 Å². The number of furan rings is 1. The van der Waals surface area contributed by atoms with E-state index in [2.05, 4.69) is 0 Å². The second kappa shape index (κ2) is 7.85. The van der Waals surface area contributed by atoms with Crippen LogP contribution in [-0.4, -0.2) is 16.0 Å². The van der Waals surface area contributed by atoms with Crippen molar-refractivity contribution in [1.29, 1.82) is 0 Å². The van der Waals surface area contributed by atoms with Crippen LogP contribution in [0.15, 0.2) is 63.9 Å². The van der Waals surface area contributed by atoms with Gasteiger partial charge in [0.15, 0.2) is 0 Å². The summed E-state index contributed by atoms with van der Waals surface area (Å²) in [6.45, 7) is -0.257. The topological polar surface area (TPSA) is 50.5 Å². The van der Waals surface area contributed by atoms with Gasteiger partial charge in [-0.05, 0) is 60.3 Å². The number of amides is 2. The molecule has 8 heteroatoms. The van der Waals surface area contributed by atoms with Crippen LogP contribution in [0, 0.1) is 11.6 Å². The molecular formula is C21H12ClF2NO3S. The van der Waals surface area contributed by atoms with E-state index in [1.54, 1.807) is 24.3 Å². The van der Waals surface area contributed by atoms with Crippen molar-refractivity contribution in [1.82, 2.24) is 4.90 Å². The van der Waals surface area contributed by atoms with Crippen molar-refractivity contribution in [2.45, 2.75) is 6.54 Å². The lowest BCUT2D eigenvalue weighted by molar-refractivity contribution is -0.123. The molecule has 0 atom stereocenters.